The van der Waals surface area contributed by atoms with Crippen molar-refractivity contribution in [3.05, 3.63) is 17.0 Å². The third-order valence-corrected chi connectivity index (χ3v) is 5.03. The molecule has 1 saturated heterocycles. The van der Waals surface area contributed by atoms with E-state index in [4.69, 9.17) is 0 Å². The second kappa shape index (κ2) is 7.99. The lowest BCUT2D eigenvalue weighted by molar-refractivity contribution is -0.141. The topological polar surface area (TPSA) is 87.5 Å². The smallest absolute Gasteiger partial charge is 0.227 e. The second-order valence-electron chi connectivity index (χ2n) is 6.87. The molecule has 2 heterocycles. The van der Waals surface area contributed by atoms with Crippen molar-refractivity contribution in [1.82, 2.24) is 20.0 Å². The molecule has 7 heteroatoms. The van der Waals surface area contributed by atoms with Gasteiger partial charge in [0, 0.05) is 38.4 Å². The number of likely N-dealkylation sites (tertiary alicyclic amines) is 1. The Morgan fingerprint density at radius 1 is 1.32 bits per heavy atom. The highest BCUT2D eigenvalue weighted by Crippen LogP contribution is 2.26. The van der Waals surface area contributed by atoms with Crippen LogP contribution >= 0.6 is 0 Å². The molecule has 0 saturated carbocycles. The molecule has 1 aliphatic rings. The molecule has 1 unspecified atom stereocenters. The summed E-state index contributed by atoms with van der Waals surface area (Å²) in [5, 5.41) is 17.8. The number of aryl methyl sites for hydroxylation is 2. The maximum atomic E-state index is 12.8. The molecule has 0 spiro atoms. The lowest BCUT2D eigenvalue weighted by Gasteiger charge is -2.39. The van der Waals surface area contributed by atoms with Gasteiger partial charge in [-0.2, -0.15) is 5.10 Å². The summed E-state index contributed by atoms with van der Waals surface area (Å²) >= 11 is 0. The van der Waals surface area contributed by atoms with Crippen LogP contribution in [0, 0.1) is 0 Å². The average molecular weight is 350 g/mol. The Morgan fingerprint density at radius 3 is 2.64 bits per heavy atom. The average Bonchev–Trinajstić information content (AvgIpc) is 2.88. The number of aromatic nitrogens is 2. The molecule has 2 N–H and O–H groups in total. The minimum Gasteiger partial charge on any atom is -0.388 e. The summed E-state index contributed by atoms with van der Waals surface area (Å²) in [5.74, 6) is -0.210. The molecule has 1 aromatic rings. The highest BCUT2D eigenvalue weighted by molar-refractivity contribution is 5.80. The number of piperidine rings is 1. The number of rotatable bonds is 6. The summed E-state index contributed by atoms with van der Waals surface area (Å²) in [6.07, 6.45) is 3.19. The van der Waals surface area contributed by atoms with Gasteiger partial charge in [0.15, 0.2) is 0 Å². The van der Waals surface area contributed by atoms with Gasteiger partial charge >= 0.3 is 0 Å². The Balaban J connectivity index is 2.12. The molecule has 1 fully saturated rings. The molecule has 7 nitrogen and oxygen atoms in total. The summed E-state index contributed by atoms with van der Waals surface area (Å²) in [7, 11) is 3.47. The number of carbonyl (C=O) groups excluding carboxylic acids is 2. The quantitative estimate of drug-likeness (QED) is 0.785. The number of hydrogen-bond acceptors (Lipinski definition) is 4. The molecular formula is C18H30N4O3. The number of amides is 2. The molecule has 1 aliphatic heterocycles. The first-order valence-electron chi connectivity index (χ1n) is 9.07. The van der Waals surface area contributed by atoms with Crippen molar-refractivity contribution in [1.29, 1.82) is 0 Å². The van der Waals surface area contributed by atoms with Gasteiger partial charge in [0.05, 0.1) is 24.1 Å². The zero-order valence-electron chi connectivity index (χ0n) is 15.8. The number of carbonyl (C=O) groups is 2. The highest BCUT2D eigenvalue weighted by atomic mass is 16.3. The van der Waals surface area contributed by atoms with Crippen LogP contribution in [-0.4, -0.2) is 57.3 Å². The first kappa shape index (κ1) is 19.4. The highest BCUT2D eigenvalue weighted by Gasteiger charge is 2.37. The van der Waals surface area contributed by atoms with Crippen molar-refractivity contribution >= 4 is 11.8 Å². The van der Waals surface area contributed by atoms with Crippen LogP contribution < -0.4 is 5.32 Å². The zero-order valence-corrected chi connectivity index (χ0v) is 15.8. The molecule has 25 heavy (non-hydrogen) atoms. The van der Waals surface area contributed by atoms with E-state index in [2.05, 4.69) is 17.3 Å². The normalized spacial score (nSPS) is 20.6. The van der Waals surface area contributed by atoms with Gasteiger partial charge in [0.2, 0.25) is 11.8 Å². The van der Waals surface area contributed by atoms with E-state index in [1.165, 1.54) is 0 Å². The fraction of sp³-hybridized carbons (Fsp3) is 0.722. The van der Waals surface area contributed by atoms with Gasteiger partial charge in [-0.3, -0.25) is 14.3 Å². The molecular weight excluding hydrogens is 320 g/mol. The molecule has 0 aliphatic carbocycles. The fourth-order valence-electron chi connectivity index (χ4n) is 3.71. The van der Waals surface area contributed by atoms with Gasteiger partial charge in [-0.1, -0.05) is 13.8 Å². The summed E-state index contributed by atoms with van der Waals surface area (Å²) in [4.78, 5) is 26.2. The van der Waals surface area contributed by atoms with Crippen LogP contribution in [-0.2, 0) is 35.9 Å². The van der Waals surface area contributed by atoms with E-state index in [1.807, 2.05) is 18.7 Å². The van der Waals surface area contributed by atoms with E-state index < -0.39 is 5.60 Å². The summed E-state index contributed by atoms with van der Waals surface area (Å²) in [6, 6.07) is 0. The van der Waals surface area contributed by atoms with Gasteiger partial charge in [0.25, 0.3) is 0 Å². The molecule has 140 valence electrons. The van der Waals surface area contributed by atoms with Gasteiger partial charge < -0.3 is 15.3 Å². The summed E-state index contributed by atoms with van der Waals surface area (Å²) in [6.45, 7) is 4.94. The van der Waals surface area contributed by atoms with Crippen molar-refractivity contribution in [3.63, 3.8) is 0 Å². The summed E-state index contributed by atoms with van der Waals surface area (Å²) < 4.78 is 1.86. The Kier molecular flexibility index (Phi) is 6.21. The van der Waals surface area contributed by atoms with E-state index in [0.717, 1.165) is 29.8 Å². The van der Waals surface area contributed by atoms with E-state index in [1.54, 1.807) is 11.9 Å². The van der Waals surface area contributed by atoms with Crippen LogP contribution in [0.5, 0.6) is 0 Å². The second-order valence-corrected chi connectivity index (χ2v) is 6.87. The molecule has 0 bridgehead atoms. The summed E-state index contributed by atoms with van der Waals surface area (Å²) in [5.41, 5.74) is 1.93. The number of β-amino-alcohol motifs (C(OH)–C–C–N with tert-alkyl or cyclic N) is 1. The molecule has 0 radical (unpaired) electrons. The largest absolute Gasteiger partial charge is 0.388 e. The van der Waals surface area contributed by atoms with Crippen molar-refractivity contribution < 1.29 is 14.7 Å². The Hall–Kier alpha value is -1.89. The first-order valence-corrected chi connectivity index (χ1v) is 9.07. The third-order valence-electron chi connectivity index (χ3n) is 5.03. The lowest BCUT2D eigenvalue weighted by atomic mass is 9.89. The molecule has 1 atom stereocenters. The molecule has 0 aromatic carbocycles. The predicted molar refractivity (Wildman–Crippen MR) is 95.1 cm³/mol. The Morgan fingerprint density at radius 2 is 2.04 bits per heavy atom. The van der Waals surface area contributed by atoms with Crippen molar-refractivity contribution in [2.24, 2.45) is 7.05 Å². The Labute approximate surface area is 149 Å². The van der Waals surface area contributed by atoms with Gasteiger partial charge in [-0.05, 0) is 25.7 Å². The van der Waals surface area contributed by atoms with Crippen LogP contribution in [0.2, 0.25) is 0 Å². The van der Waals surface area contributed by atoms with Crippen LogP contribution in [0.4, 0.5) is 0 Å². The van der Waals surface area contributed by atoms with Crippen LogP contribution in [0.15, 0.2) is 0 Å². The van der Waals surface area contributed by atoms with Gasteiger partial charge in [-0.15, -0.1) is 0 Å². The standard InChI is InChI=1S/C18H30N4O3/c1-5-14-13(15(6-2)21(4)20-14)10-17(24)22-9-7-8-18(25,12-22)11-16(23)19-3/h25H,5-12H2,1-4H3,(H,19,23). The molecule has 2 rings (SSSR count). The van der Waals surface area contributed by atoms with Crippen molar-refractivity contribution in [2.75, 3.05) is 20.1 Å². The maximum absolute atomic E-state index is 12.8. The minimum atomic E-state index is -1.13. The van der Waals surface area contributed by atoms with Crippen molar-refractivity contribution in [3.8, 4) is 0 Å². The monoisotopic (exact) mass is 350 g/mol. The number of nitrogens with one attached hydrogen (secondary N) is 1. The van der Waals surface area contributed by atoms with Gasteiger partial charge in [-0.25, -0.2) is 0 Å². The number of nitrogens with zero attached hydrogens (tertiary/aromatic N) is 3. The lowest BCUT2D eigenvalue weighted by Crippen LogP contribution is -2.52. The SMILES string of the molecule is CCc1nn(C)c(CC)c1CC(=O)N1CCCC(O)(CC(=O)NC)C1. The van der Waals surface area contributed by atoms with Gasteiger partial charge in [0.1, 0.15) is 0 Å². The van der Waals surface area contributed by atoms with Crippen molar-refractivity contribution in [2.45, 2.75) is 58.0 Å². The Bertz CT molecular complexity index is 641. The zero-order chi connectivity index (χ0) is 18.6. The van der Waals surface area contributed by atoms with E-state index >= 15 is 0 Å². The van der Waals surface area contributed by atoms with Crippen LogP contribution in [0.1, 0.15) is 50.1 Å². The van der Waals surface area contributed by atoms with Crippen LogP contribution in [0.3, 0.4) is 0 Å². The third kappa shape index (κ3) is 4.39. The van der Waals surface area contributed by atoms with E-state index in [-0.39, 0.29) is 24.8 Å². The fourth-order valence-corrected chi connectivity index (χ4v) is 3.71. The predicted octanol–water partition coefficient (Wildman–Crippen LogP) is 0.577. The number of aliphatic hydroxyl groups is 1. The molecule has 1 aromatic heterocycles. The van der Waals surface area contributed by atoms with Crippen LogP contribution in [0.25, 0.3) is 0 Å². The minimum absolute atomic E-state index is 0.00701. The first-order chi connectivity index (χ1) is 11.8. The number of hydrogen-bond donors (Lipinski definition) is 2. The van der Waals surface area contributed by atoms with E-state index in [9.17, 15) is 14.7 Å². The van der Waals surface area contributed by atoms with E-state index in [0.29, 0.717) is 25.8 Å². The maximum Gasteiger partial charge on any atom is 0.227 e. The molecule has 2 amide bonds.